The largest absolute Gasteiger partial charge is 0.485 e. The summed E-state index contributed by atoms with van der Waals surface area (Å²) in [5.41, 5.74) is 0.587. The van der Waals surface area contributed by atoms with E-state index < -0.39 is 0 Å². The second kappa shape index (κ2) is 6.65. The number of halogens is 1. The molecule has 0 radical (unpaired) electrons. The molecule has 106 valence electrons. The number of aromatic nitrogens is 3. The zero-order valence-corrected chi connectivity index (χ0v) is 13.1. The summed E-state index contributed by atoms with van der Waals surface area (Å²) in [6.45, 7) is 4.85. The highest BCUT2D eigenvalue weighted by Gasteiger charge is 2.13. The van der Waals surface area contributed by atoms with Gasteiger partial charge >= 0.3 is 0 Å². The average molecular weight is 338 g/mol. The first-order valence-corrected chi connectivity index (χ1v) is 7.27. The SMILES string of the molecule is CCC(=O)c1cc(Br)ccc1OCc1ncnn1CC. The normalized spacial score (nSPS) is 10.6. The third-order valence-electron chi connectivity index (χ3n) is 2.92. The molecule has 20 heavy (non-hydrogen) atoms. The quantitative estimate of drug-likeness (QED) is 0.759. The van der Waals surface area contributed by atoms with E-state index in [4.69, 9.17) is 4.74 Å². The summed E-state index contributed by atoms with van der Waals surface area (Å²) in [4.78, 5) is 16.1. The molecule has 0 saturated carbocycles. The van der Waals surface area contributed by atoms with Gasteiger partial charge in [-0.25, -0.2) is 9.67 Å². The van der Waals surface area contributed by atoms with E-state index in [0.717, 1.165) is 16.8 Å². The molecule has 5 nitrogen and oxygen atoms in total. The Labute approximate surface area is 126 Å². The molecule has 0 amide bonds. The zero-order chi connectivity index (χ0) is 14.5. The fourth-order valence-electron chi connectivity index (χ4n) is 1.84. The molecule has 0 spiro atoms. The Balaban J connectivity index is 2.19. The molecule has 0 aliphatic carbocycles. The number of hydrogen-bond donors (Lipinski definition) is 0. The summed E-state index contributed by atoms with van der Waals surface area (Å²) in [7, 11) is 0. The molecular weight excluding hydrogens is 322 g/mol. The molecule has 2 aromatic rings. The minimum Gasteiger partial charge on any atom is -0.485 e. The molecule has 0 aliphatic heterocycles. The van der Waals surface area contributed by atoms with Gasteiger partial charge in [-0.2, -0.15) is 5.10 Å². The van der Waals surface area contributed by atoms with Crippen molar-refractivity contribution in [3.63, 3.8) is 0 Å². The fourth-order valence-corrected chi connectivity index (χ4v) is 2.20. The van der Waals surface area contributed by atoms with Crippen LogP contribution >= 0.6 is 15.9 Å². The van der Waals surface area contributed by atoms with Crippen LogP contribution in [0.2, 0.25) is 0 Å². The highest BCUT2D eigenvalue weighted by molar-refractivity contribution is 9.10. The van der Waals surface area contributed by atoms with Gasteiger partial charge in [0.15, 0.2) is 11.6 Å². The number of hydrogen-bond acceptors (Lipinski definition) is 4. The summed E-state index contributed by atoms with van der Waals surface area (Å²) in [5, 5.41) is 4.09. The van der Waals surface area contributed by atoms with E-state index in [-0.39, 0.29) is 5.78 Å². The lowest BCUT2D eigenvalue weighted by Crippen LogP contribution is -2.09. The number of rotatable bonds is 6. The van der Waals surface area contributed by atoms with Crippen LogP contribution in [0.1, 0.15) is 36.5 Å². The van der Waals surface area contributed by atoms with E-state index in [9.17, 15) is 4.79 Å². The lowest BCUT2D eigenvalue weighted by Gasteiger charge is -2.11. The maximum Gasteiger partial charge on any atom is 0.166 e. The van der Waals surface area contributed by atoms with Crippen molar-refractivity contribution in [2.24, 2.45) is 0 Å². The van der Waals surface area contributed by atoms with Gasteiger partial charge in [-0.3, -0.25) is 4.79 Å². The molecule has 0 N–H and O–H groups in total. The fraction of sp³-hybridized carbons (Fsp3) is 0.357. The van der Waals surface area contributed by atoms with Crippen molar-refractivity contribution in [1.82, 2.24) is 14.8 Å². The number of nitrogens with zero attached hydrogens (tertiary/aromatic N) is 3. The van der Waals surface area contributed by atoms with Crippen molar-refractivity contribution in [2.45, 2.75) is 33.4 Å². The third kappa shape index (κ3) is 3.25. The Morgan fingerprint density at radius 2 is 2.20 bits per heavy atom. The summed E-state index contributed by atoms with van der Waals surface area (Å²) >= 11 is 3.37. The number of aryl methyl sites for hydroxylation is 1. The molecular formula is C14H16BrN3O2. The summed E-state index contributed by atoms with van der Waals surface area (Å²) in [5.74, 6) is 1.37. The lowest BCUT2D eigenvalue weighted by atomic mass is 10.1. The van der Waals surface area contributed by atoms with Crippen LogP contribution < -0.4 is 4.74 Å². The molecule has 6 heteroatoms. The van der Waals surface area contributed by atoms with E-state index in [1.807, 2.05) is 19.9 Å². The van der Waals surface area contributed by atoms with Gasteiger partial charge in [-0.15, -0.1) is 0 Å². The van der Waals surface area contributed by atoms with Crippen LogP contribution in [-0.2, 0) is 13.2 Å². The minimum atomic E-state index is 0.0539. The Morgan fingerprint density at radius 1 is 1.40 bits per heavy atom. The maximum absolute atomic E-state index is 11.9. The van der Waals surface area contributed by atoms with Gasteiger partial charge in [-0.05, 0) is 25.1 Å². The van der Waals surface area contributed by atoms with Gasteiger partial charge < -0.3 is 4.74 Å². The van der Waals surface area contributed by atoms with Crippen LogP contribution in [0.15, 0.2) is 29.0 Å². The van der Waals surface area contributed by atoms with E-state index in [2.05, 4.69) is 26.0 Å². The van der Waals surface area contributed by atoms with Crippen LogP contribution in [0.4, 0.5) is 0 Å². The van der Waals surface area contributed by atoms with Crippen LogP contribution in [-0.4, -0.2) is 20.5 Å². The Hall–Kier alpha value is -1.69. The van der Waals surface area contributed by atoms with Crippen molar-refractivity contribution in [2.75, 3.05) is 0 Å². The smallest absolute Gasteiger partial charge is 0.166 e. The molecule has 0 bridgehead atoms. The first kappa shape index (κ1) is 14.7. The van der Waals surface area contributed by atoms with Gasteiger partial charge in [-0.1, -0.05) is 22.9 Å². The average Bonchev–Trinajstić information content (AvgIpc) is 2.92. The molecule has 1 aromatic carbocycles. The lowest BCUT2D eigenvalue weighted by molar-refractivity contribution is 0.0983. The Bertz CT molecular complexity index is 610. The summed E-state index contributed by atoms with van der Waals surface area (Å²) < 4.78 is 8.36. The van der Waals surface area contributed by atoms with E-state index >= 15 is 0 Å². The van der Waals surface area contributed by atoms with E-state index in [1.165, 1.54) is 6.33 Å². The van der Waals surface area contributed by atoms with Crippen LogP contribution in [0, 0.1) is 0 Å². The van der Waals surface area contributed by atoms with Crippen LogP contribution in [0.25, 0.3) is 0 Å². The van der Waals surface area contributed by atoms with Crippen molar-refractivity contribution in [3.8, 4) is 5.75 Å². The monoisotopic (exact) mass is 337 g/mol. The number of benzene rings is 1. The molecule has 1 heterocycles. The predicted octanol–water partition coefficient (Wildman–Crippen LogP) is 3.23. The number of ketones is 1. The Kier molecular flexibility index (Phi) is 4.89. The van der Waals surface area contributed by atoms with Gasteiger partial charge in [0.1, 0.15) is 18.7 Å². The van der Waals surface area contributed by atoms with Crippen molar-refractivity contribution < 1.29 is 9.53 Å². The molecule has 1 aromatic heterocycles. The van der Waals surface area contributed by atoms with Gasteiger partial charge in [0.05, 0.1) is 5.56 Å². The zero-order valence-electron chi connectivity index (χ0n) is 11.5. The third-order valence-corrected chi connectivity index (χ3v) is 3.41. The second-order valence-corrected chi connectivity index (χ2v) is 5.11. The van der Waals surface area contributed by atoms with Crippen molar-refractivity contribution in [3.05, 3.63) is 40.4 Å². The second-order valence-electron chi connectivity index (χ2n) is 4.20. The van der Waals surface area contributed by atoms with Gasteiger partial charge in [0.2, 0.25) is 0 Å². The minimum absolute atomic E-state index is 0.0539. The topological polar surface area (TPSA) is 57.0 Å². The highest BCUT2D eigenvalue weighted by Crippen LogP contribution is 2.25. The molecule has 0 atom stereocenters. The molecule has 2 rings (SSSR count). The first-order chi connectivity index (χ1) is 9.65. The standard InChI is InChI=1S/C14H16BrN3O2/c1-3-12(19)11-7-10(15)5-6-13(11)20-8-14-16-9-17-18(14)4-2/h5-7,9H,3-4,8H2,1-2H3. The number of carbonyl (C=O) groups is 1. The van der Waals surface area contributed by atoms with Gasteiger partial charge in [0.25, 0.3) is 0 Å². The number of carbonyl (C=O) groups excluding carboxylic acids is 1. The number of Topliss-reactive ketones (excluding diaryl/α,β-unsaturated/α-hetero) is 1. The Morgan fingerprint density at radius 3 is 2.90 bits per heavy atom. The summed E-state index contributed by atoms with van der Waals surface area (Å²) in [6, 6.07) is 5.43. The van der Waals surface area contributed by atoms with Crippen LogP contribution in [0.5, 0.6) is 5.75 Å². The predicted molar refractivity (Wildman–Crippen MR) is 78.8 cm³/mol. The molecule has 0 fully saturated rings. The molecule has 0 saturated heterocycles. The maximum atomic E-state index is 11.9. The van der Waals surface area contributed by atoms with Crippen molar-refractivity contribution in [1.29, 1.82) is 0 Å². The van der Waals surface area contributed by atoms with Gasteiger partial charge in [0, 0.05) is 17.4 Å². The van der Waals surface area contributed by atoms with Crippen LogP contribution in [0.3, 0.4) is 0 Å². The molecule has 0 aliphatic rings. The van der Waals surface area contributed by atoms with E-state index in [1.54, 1.807) is 16.8 Å². The van der Waals surface area contributed by atoms with Crippen molar-refractivity contribution >= 4 is 21.7 Å². The first-order valence-electron chi connectivity index (χ1n) is 6.48. The van der Waals surface area contributed by atoms with E-state index in [0.29, 0.717) is 24.3 Å². The summed E-state index contributed by atoms with van der Waals surface area (Å²) in [6.07, 6.45) is 1.94. The highest BCUT2D eigenvalue weighted by atomic mass is 79.9. The molecule has 0 unspecified atom stereocenters. The number of ether oxygens (including phenoxy) is 1.